The number of ether oxygens (including phenoxy) is 2. The van der Waals surface area contributed by atoms with Crippen LogP contribution in [0.25, 0.3) is 10.4 Å². The summed E-state index contributed by atoms with van der Waals surface area (Å²) in [5, 5.41) is 43.3. The molecule has 0 aromatic heterocycles. The molecule has 1 aliphatic carbocycles. The molecule has 0 radical (unpaired) electrons. The van der Waals surface area contributed by atoms with Crippen LogP contribution in [0.5, 0.6) is 0 Å². The van der Waals surface area contributed by atoms with E-state index in [-0.39, 0.29) is 49.3 Å². The van der Waals surface area contributed by atoms with Gasteiger partial charge in [0, 0.05) is 35.8 Å². The Morgan fingerprint density at radius 2 is 1.95 bits per heavy atom. The summed E-state index contributed by atoms with van der Waals surface area (Å²) < 4.78 is 51.5. The van der Waals surface area contributed by atoms with Gasteiger partial charge in [-0.2, -0.15) is 13.2 Å². The quantitative estimate of drug-likeness (QED) is 0.0806. The lowest BCUT2D eigenvalue weighted by Gasteiger charge is -2.42. The van der Waals surface area contributed by atoms with Crippen LogP contribution in [0.1, 0.15) is 43.2 Å². The van der Waals surface area contributed by atoms with Crippen molar-refractivity contribution in [3.05, 3.63) is 58.0 Å². The number of allylic oxidation sites excluding steroid dienone is 1. The van der Waals surface area contributed by atoms with Gasteiger partial charge in [-0.25, -0.2) is 0 Å². The van der Waals surface area contributed by atoms with Crippen molar-refractivity contribution in [2.45, 2.75) is 81.1 Å². The Bertz CT molecular complexity index is 1250. The van der Waals surface area contributed by atoms with Gasteiger partial charge in [0.1, 0.15) is 18.0 Å². The Kier molecular flexibility index (Phi) is 10.5. The number of azide groups is 1. The van der Waals surface area contributed by atoms with Gasteiger partial charge in [-0.05, 0) is 36.3 Å². The minimum absolute atomic E-state index is 0.0456. The molecule has 4 N–H and O–H groups in total. The van der Waals surface area contributed by atoms with Gasteiger partial charge in [0.25, 0.3) is 0 Å². The van der Waals surface area contributed by atoms with E-state index in [1.165, 1.54) is 24.3 Å². The van der Waals surface area contributed by atoms with E-state index in [1.807, 2.05) is 0 Å². The topological polar surface area (TPSA) is 199 Å². The maximum absolute atomic E-state index is 13.3. The second-order valence-corrected chi connectivity index (χ2v) is 10.7. The molecule has 3 aliphatic rings. The number of carboxylic acids is 1. The fraction of sp³-hybridized carbons (Fsp3) is 0.630. The van der Waals surface area contributed by atoms with Gasteiger partial charge in [0.15, 0.2) is 6.29 Å². The van der Waals surface area contributed by atoms with Crippen LogP contribution in [0.15, 0.2) is 51.8 Å². The molecule has 0 bridgehead atoms. The largest absolute Gasteiger partial charge is 0.481 e. The number of ketones is 1. The number of alkyl halides is 3. The highest BCUT2D eigenvalue weighted by Gasteiger charge is 2.65. The molecule has 7 atom stereocenters. The summed E-state index contributed by atoms with van der Waals surface area (Å²) in [6.07, 6.45) is -4.27. The zero-order valence-electron chi connectivity index (χ0n) is 23.0. The van der Waals surface area contributed by atoms with Crippen LogP contribution >= 0.6 is 0 Å². The first-order chi connectivity index (χ1) is 20.5. The van der Waals surface area contributed by atoms with Gasteiger partial charge in [-0.15, -0.1) is 10.2 Å². The number of nitrogens with one attached hydrogen (secondary N) is 1. The third kappa shape index (κ3) is 7.77. The van der Waals surface area contributed by atoms with Crippen LogP contribution in [0, 0.1) is 11.8 Å². The molecule has 2 aliphatic heterocycles. The monoisotopic (exact) mass is 610 g/mol. The van der Waals surface area contributed by atoms with E-state index in [4.69, 9.17) is 20.1 Å². The zero-order valence-corrected chi connectivity index (χ0v) is 23.0. The van der Waals surface area contributed by atoms with Gasteiger partial charge in [0.05, 0.1) is 25.3 Å². The summed E-state index contributed by atoms with van der Waals surface area (Å²) in [6, 6.07) is 4.52. The van der Waals surface area contributed by atoms with Crippen LogP contribution in [-0.2, 0) is 31.3 Å². The Morgan fingerprint density at radius 1 is 1.23 bits per heavy atom. The van der Waals surface area contributed by atoms with Crippen LogP contribution in [-0.4, -0.2) is 77.0 Å². The van der Waals surface area contributed by atoms with Crippen molar-refractivity contribution in [2.75, 3.05) is 13.2 Å². The van der Waals surface area contributed by atoms with E-state index in [0.717, 1.165) is 0 Å². The zero-order chi connectivity index (χ0) is 31.2. The summed E-state index contributed by atoms with van der Waals surface area (Å²) in [4.78, 5) is 25.9. The third-order valence-corrected chi connectivity index (χ3v) is 7.92. The SMILES string of the molecule is [N-]=[N+]=NC[C@H]1O[C@@H](OCC/C=C\C[C@H]2C(=O)CC[C@@H]2CC(=O)O)[C@H](NCc2ccc(C3(C(F)(F)F)N=N3)cc2)[C@@H](O)[C@H]1O. The van der Waals surface area contributed by atoms with Gasteiger partial charge < -0.3 is 30.1 Å². The molecule has 1 saturated heterocycles. The molecule has 0 spiro atoms. The van der Waals surface area contributed by atoms with E-state index < -0.39 is 48.5 Å². The van der Waals surface area contributed by atoms with Crippen molar-refractivity contribution < 1.29 is 47.6 Å². The fourth-order valence-corrected chi connectivity index (χ4v) is 5.47. The van der Waals surface area contributed by atoms with E-state index >= 15 is 0 Å². The van der Waals surface area contributed by atoms with Gasteiger partial charge in [-0.1, -0.05) is 41.5 Å². The standard InChI is InChI=1S/C27H33F3N6O7/c28-27(29,30)26(34-35-26)17-8-5-15(6-9-17)13-32-22-24(41)23(40)20(14-33-36-31)43-25(22)42-11-3-1-2-4-18-16(12-21(38)39)7-10-19(18)37/h1-2,5-6,8-9,16,18,20,22-25,32,40-41H,3-4,7,10-14H2,(H,38,39)/b2-1-/t16-,18-,20-,22-,23+,24-,25-/m1/s1. The molecule has 1 saturated carbocycles. The predicted molar refractivity (Wildman–Crippen MR) is 142 cm³/mol. The number of nitrogens with zero attached hydrogens (tertiary/aromatic N) is 5. The van der Waals surface area contributed by atoms with Crippen molar-refractivity contribution in [3.8, 4) is 0 Å². The Morgan fingerprint density at radius 3 is 2.58 bits per heavy atom. The highest BCUT2D eigenvalue weighted by molar-refractivity contribution is 5.84. The lowest BCUT2D eigenvalue weighted by Crippen LogP contribution is -2.63. The maximum atomic E-state index is 13.3. The predicted octanol–water partition coefficient (Wildman–Crippen LogP) is 3.51. The molecular formula is C27H33F3N6O7. The Labute approximate surface area is 244 Å². The highest BCUT2D eigenvalue weighted by Crippen LogP contribution is 2.52. The highest BCUT2D eigenvalue weighted by atomic mass is 19.4. The first kappa shape index (κ1) is 32.5. The summed E-state index contributed by atoms with van der Waals surface area (Å²) in [5.41, 5.74) is 6.58. The number of carboxylic acid groups (broad SMARTS) is 1. The Hall–Kier alpha value is -3.40. The van der Waals surface area contributed by atoms with Gasteiger partial charge in [-0.3, -0.25) is 9.59 Å². The van der Waals surface area contributed by atoms with E-state index in [0.29, 0.717) is 31.2 Å². The minimum Gasteiger partial charge on any atom is -0.481 e. The van der Waals surface area contributed by atoms with Crippen molar-refractivity contribution in [1.82, 2.24) is 5.32 Å². The first-order valence-corrected chi connectivity index (χ1v) is 13.8. The van der Waals surface area contributed by atoms with E-state index in [2.05, 4.69) is 25.6 Å². The average molecular weight is 611 g/mol. The van der Waals surface area contributed by atoms with Crippen LogP contribution in [0.3, 0.4) is 0 Å². The molecule has 16 heteroatoms. The number of Topliss-reactive ketones (excluding diaryl/α,β-unsaturated/α-hetero) is 1. The normalized spacial score (nSPS) is 30.0. The van der Waals surface area contributed by atoms with Gasteiger partial charge >= 0.3 is 17.8 Å². The maximum Gasteiger partial charge on any atom is 0.442 e. The number of rotatable bonds is 14. The van der Waals surface area contributed by atoms with Gasteiger partial charge in [0.2, 0.25) is 0 Å². The lowest BCUT2D eigenvalue weighted by molar-refractivity contribution is -0.262. The number of aliphatic carboxylic acids is 1. The van der Waals surface area contributed by atoms with Crippen LogP contribution < -0.4 is 5.32 Å². The molecule has 4 rings (SSSR count). The molecule has 2 fully saturated rings. The number of aliphatic hydroxyl groups is 2. The molecule has 0 unspecified atom stereocenters. The Balaban J connectivity index is 1.34. The van der Waals surface area contributed by atoms with Crippen molar-refractivity contribution in [1.29, 1.82) is 0 Å². The molecule has 43 heavy (non-hydrogen) atoms. The molecule has 1 aromatic carbocycles. The molecule has 234 valence electrons. The third-order valence-electron chi connectivity index (χ3n) is 7.92. The summed E-state index contributed by atoms with van der Waals surface area (Å²) in [7, 11) is 0. The van der Waals surface area contributed by atoms with Crippen molar-refractivity contribution in [2.24, 2.45) is 27.2 Å². The molecule has 2 heterocycles. The van der Waals surface area contributed by atoms with Crippen LogP contribution in [0.4, 0.5) is 13.2 Å². The minimum atomic E-state index is -4.64. The summed E-state index contributed by atoms with van der Waals surface area (Å²) in [5.74, 6) is -1.39. The number of benzene rings is 1. The molecule has 1 aromatic rings. The summed E-state index contributed by atoms with van der Waals surface area (Å²) >= 11 is 0. The molecular weight excluding hydrogens is 577 g/mol. The van der Waals surface area contributed by atoms with Crippen molar-refractivity contribution >= 4 is 11.8 Å². The average Bonchev–Trinajstić information content (AvgIpc) is 3.72. The van der Waals surface area contributed by atoms with Crippen molar-refractivity contribution in [3.63, 3.8) is 0 Å². The number of halogens is 3. The van der Waals surface area contributed by atoms with Crippen LogP contribution in [0.2, 0.25) is 0 Å². The lowest BCUT2D eigenvalue weighted by atomic mass is 9.89. The first-order valence-electron chi connectivity index (χ1n) is 13.8. The number of hydrogen-bond donors (Lipinski definition) is 4. The smallest absolute Gasteiger partial charge is 0.442 e. The van der Waals surface area contributed by atoms with E-state index in [1.54, 1.807) is 12.2 Å². The summed E-state index contributed by atoms with van der Waals surface area (Å²) in [6.45, 7) is -0.0550. The molecule has 0 amide bonds. The number of carbonyl (C=O) groups excluding carboxylic acids is 1. The fourth-order valence-electron chi connectivity index (χ4n) is 5.47. The number of aliphatic hydroxyl groups excluding tert-OH is 2. The second kappa shape index (κ2) is 13.9. The second-order valence-electron chi connectivity index (χ2n) is 10.7. The van der Waals surface area contributed by atoms with E-state index in [9.17, 15) is 33.0 Å². The molecule has 13 nitrogen and oxygen atoms in total. The number of hydrogen-bond acceptors (Lipinski definition) is 10. The number of carbonyl (C=O) groups is 2.